The van der Waals surface area contributed by atoms with E-state index in [0.29, 0.717) is 26.3 Å². The summed E-state index contributed by atoms with van der Waals surface area (Å²) in [6.07, 6.45) is 0. The van der Waals surface area contributed by atoms with Gasteiger partial charge in [-0.05, 0) is 48.0 Å². The number of carbonyl (C=O) groups is 2. The molecule has 0 aromatic heterocycles. The van der Waals surface area contributed by atoms with Crippen molar-refractivity contribution >= 4 is 58.1 Å². The number of carbonyl (C=O) groups excluding carboxylic acids is 2. The van der Waals surface area contributed by atoms with Gasteiger partial charge in [0.25, 0.3) is 5.91 Å². The predicted octanol–water partition coefficient (Wildman–Crippen LogP) is 5.75. The molecule has 30 heavy (non-hydrogen) atoms. The van der Waals surface area contributed by atoms with E-state index < -0.39 is 5.97 Å². The summed E-state index contributed by atoms with van der Waals surface area (Å²) in [5, 5.41) is 5.20. The van der Waals surface area contributed by atoms with Crippen molar-refractivity contribution in [2.45, 2.75) is 6.54 Å². The van der Waals surface area contributed by atoms with E-state index in [1.165, 1.54) is 12.1 Å². The molecule has 1 amide bonds. The zero-order valence-electron chi connectivity index (χ0n) is 15.3. The summed E-state index contributed by atoms with van der Waals surface area (Å²) < 4.78 is 0. The molecule has 150 valence electrons. The molecular weight excluding hydrogens is 447 g/mol. The number of hydrogen-bond acceptors (Lipinski definition) is 4. The fourth-order valence-electron chi connectivity index (χ4n) is 3.05. The van der Waals surface area contributed by atoms with Gasteiger partial charge >= 0.3 is 5.97 Å². The molecule has 3 aromatic rings. The second kappa shape index (κ2) is 8.48. The molecule has 0 saturated carbocycles. The zero-order valence-corrected chi connectivity index (χ0v) is 17.6. The van der Waals surface area contributed by atoms with Crippen molar-refractivity contribution in [3.63, 3.8) is 0 Å². The molecule has 5 nitrogen and oxygen atoms in total. The van der Waals surface area contributed by atoms with Crippen LogP contribution >= 0.6 is 34.8 Å². The van der Waals surface area contributed by atoms with E-state index in [1.54, 1.807) is 53.4 Å². The molecule has 0 N–H and O–H groups in total. The summed E-state index contributed by atoms with van der Waals surface area (Å²) in [4.78, 5) is 31.9. The molecule has 0 unspecified atom stereocenters. The van der Waals surface area contributed by atoms with Gasteiger partial charge in [0, 0.05) is 10.6 Å². The first-order valence-corrected chi connectivity index (χ1v) is 9.97. The second-order valence-corrected chi connectivity index (χ2v) is 7.73. The molecule has 0 radical (unpaired) electrons. The second-order valence-electron chi connectivity index (χ2n) is 6.48. The van der Waals surface area contributed by atoms with Crippen LogP contribution in [0.5, 0.6) is 0 Å². The van der Waals surface area contributed by atoms with Crippen LogP contribution in [0.15, 0.2) is 71.9 Å². The maximum absolute atomic E-state index is 13.0. The Morgan fingerprint density at radius 1 is 0.933 bits per heavy atom. The van der Waals surface area contributed by atoms with Gasteiger partial charge in [0.1, 0.15) is 0 Å². The average Bonchev–Trinajstić information content (AvgIpc) is 3.00. The largest absolute Gasteiger partial charge is 0.365 e. The minimum absolute atomic E-state index is 0.0490. The van der Waals surface area contributed by atoms with Crippen LogP contribution in [-0.4, -0.2) is 17.6 Å². The molecule has 3 aromatic carbocycles. The van der Waals surface area contributed by atoms with Gasteiger partial charge in [0.05, 0.1) is 27.8 Å². The fourth-order valence-corrected chi connectivity index (χ4v) is 3.50. The smallest absolute Gasteiger partial charge is 0.312 e. The van der Waals surface area contributed by atoms with Gasteiger partial charge in [-0.15, -0.1) is 0 Å². The number of benzene rings is 3. The minimum Gasteiger partial charge on any atom is -0.312 e. The van der Waals surface area contributed by atoms with Crippen LogP contribution < -0.4 is 4.90 Å². The highest BCUT2D eigenvalue weighted by Crippen LogP contribution is 2.32. The van der Waals surface area contributed by atoms with Crippen LogP contribution in [0.1, 0.15) is 21.5 Å². The van der Waals surface area contributed by atoms with Gasteiger partial charge in [-0.25, -0.2) is 4.79 Å². The zero-order chi connectivity index (χ0) is 21.3. The third-order valence-corrected chi connectivity index (χ3v) is 5.51. The molecule has 0 bridgehead atoms. The highest BCUT2D eigenvalue weighted by molar-refractivity contribution is 6.54. The van der Waals surface area contributed by atoms with E-state index >= 15 is 0 Å². The van der Waals surface area contributed by atoms with Crippen molar-refractivity contribution in [3.05, 3.63) is 98.5 Å². The summed E-state index contributed by atoms with van der Waals surface area (Å²) in [6.45, 7) is 0.261. The molecule has 0 spiro atoms. The monoisotopic (exact) mass is 458 g/mol. The van der Waals surface area contributed by atoms with E-state index in [0.717, 1.165) is 5.56 Å². The summed E-state index contributed by atoms with van der Waals surface area (Å²) in [6, 6.07) is 18.5. The Morgan fingerprint density at radius 2 is 1.67 bits per heavy atom. The van der Waals surface area contributed by atoms with Crippen molar-refractivity contribution in [2.24, 2.45) is 5.16 Å². The van der Waals surface area contributed by atoms with Gasteiger partial charge in [-0.2, -0.15) is 0 Å². The number of hydrogen-bond donors (Lipinski definition) is 0. The number of oxime groups is 1. The molecule has 4 rings (SSSR count). The first-order chi connectivity index (χ1) is 14.4. The highest BCUT2D eigenvalue weighted by Gasteiger charge is 2.34. The molecule has 0 atom stereocenters. The molecule has 8 heteroatoms. The van der Waals surface area contributed by atoms with Crippen molar-refractivity contribution in [3.8, 4) is 0 Å². The Morgan fingerprint density at radius 3 is 2.40 bits per heavy atom. The molecule has 0 aliphatic carbocycles. The topological polar surface area (TPSA) is 59.0 Å². The van der Waals surface area contributed by atoms with Crippen molar-refractivity contribution < 1.29 is 14.4 Å². The van der Waals surface area contributed by atoms with Gasteiger partial charge < -0.3 is 9.74 Å². The van der Waals surface area contributed by atoms with E-state index in [-0.39, 0.29) is 23.7 Å². The fraction of sp³-hybridized carbons (Fsp3) is 0.0455. The Kier molecular flexibility index (Phi) is 5.77. The first kappa shape index (κ1) is 20.4. The number of amides is 1. The predicted molar refractivity (Wildman–Crippen MR) is 117 cm³/mol. The standard InChI is InChI=1S/C22H13Cl3N2O3/c23-15-8-6-14(7-9-15)22(29)30-26-20-16-3-1-2-4-19(16)27(21(20)28)12-13-5-10-17(24)18(25)11-13/h1-11H,12H2. The maximum Gasteiger partial charge on any atom is 0.365 e. The Labute approximate surface area is 187 Å². The molecular formula is C22H13Cl3N2O3. The van der Waals surface area contributed by atoms with Crippen LogP contribution in [0.2, 0.25) is 15.1 Å². The van der Waals surface area contributed by atoms with Crippen LogP contribution in [0.25, 0.3) is 0 Å². The Balaban J connectivity index is 1.60. The van der Waals surface area contributed by atoms with E-state index in [9.17, 15) is 9.59 Å². The van der Waals surface area contributed by atoms with Crippen LogP contribution in [0.3, 0.4) is 0 Å². The van der Waals surface area contributed by atoms with Crippen LogP contribution in [0.4, 0.5) is 5.69 Å². The minimum atomic E-state index is -0.688. The van der Waals surface area contributed by atoms with Crippen molar-refractivity contribution in [1.29, 1.82) is 0 Å². The maximum atomic E-state index is 13.0. The molecule has 1 aliphatic rings. The van der Waals surface area contributed by atoms with Gasteiger partial charge in [-0.1, -0.05) is 64.2 Å². The number of fused-ring (bicyclic) bond motifs is 1. The van der Waals surface area contributed by atoms with E-state index in [2.05, 4.69) is 5.16 Å². The Hall–Kier alpha value is -2.86. The SMILES string of the molecule is O=C(ON=C1C(=O)N(Cc2ccc(Cl)c(Cl)c2)c2ccccc21)c1ccc(Cl)cc1. The number of halogens is 3. The lowest BCUT2D eigenvalue weighted by molar-refractivity contribution is -0.112. The summed E-state index contributed by atoms with van der Waals surface area (Å²) in [7, 11) is 0. The average molecular weight is 460 g/mol. The summed E-state index contributed by atoms with van der Waals surface area (Å²) >= 11 is 17.9. The third-order valence-electron chi connectivity index (χ3n) is 4.52. The lowest BCUT2D eigenvalue weighted by Gasteiger charge is -2.17. The normalized spacial score (nSPS) is 14.2. The molecule has 1 heterocycles. The highest BCUT2D eigenvalue weighted by atomic mass is 35.5. The Bertz CT molecular complexity index is 1180. The van der Waals surface area contributed by atoms with Crippen LogP contribution in [-0.2, 0) is 16.2 Å². The first-order valence-electron chi connectivity index (χ1n) is 8.84. The number of rotatable bonds is 4. The van der Waals surface area contributed by atoms with Gasteiger partial charge in [0.15, 0.2) is 5.71 Å². The van der Waals surface area contributed by atoms with Crippen LogP contribution in [0, 0.1) is 0 Å². The lowest BCUT2D eigenvalue weighted by Crippen LogP contribution is -2.29. The molecule has 0 saturated heterocycles. The van der Waals surface area contributed by atoms with Crippen molar-refractivity contribution in [1.82, 2.24) is 0 Å². The number of nitrogens with zero attached hydrogens (tertiary/aromatic N) is 2. The van der Waals surface area contributed by atoms with E-state index in [4.69, 9.17) is 39.6 Å². The lowest BCUT2D eigenvalue weighted by atomic mass is 10.1. The number of anilines is 1. The van der Waals surface area contributed by atoms with Gasteiger partial charge in [-0.3, -0.25) is 4.79 Å². The molecule has 0 fully saturated rings. The quantitative estimate of drug-likeness (QED) is 0.368. The summed E-state index contributed by atoms with van der Waals surface area (Å²) in [5.41, 5.74) is 2.36. The molecule has 1 aliphatic heterocycles. The van der Waals surface area contributed by atoms with Crippen molar-refractivity contribution in [2.75, 3.05) is 4.90 Å². The third kappa shape index (κ3) is 4.05. The number of para-hydroxylation sites is 1. The summed E-state index contributed by atoms with van der Waals surface area (Å²) in [5.74, 6) is -1.07. The van der Waals surface area contributed by atoms with E-state index in [1.807, 2.05) is 6.07 Å². The van der Waals surface area contributed by atoms with Gasteiger partial charge in [0.2, 0.25) is 0 Å².